The molecule has 0 fully saturated rings. The van der Waals surface area contributed by atoms with Gasteiger partial charge < -0.3 is 66.6 Å². The van der Waals surface area contributed by atoms with E-state index < -0.39 is 99.4 Å². The molecule has 0 aliphatic rings. The van der Waals surface area contributed by atoms with Gasteiger partial charge >= 0.3 is 5.97 Å². The molecule has 0 amide bonds. The number of carbonyl (C=O) groups is 1. The number of hydrogen-bond acceptors (Lipinski definition) is 14. The van der Waals surface area contributed by atoms with E-state index in [1.54, 1.807) is 0 Å². The van der Waals surface area contributed by atoms with Gasteiger partial charge in [-0.25, -0.2) is 4.79 Å². The number of nitrogens with one attached hydrogen (secondary N) is 2. The summed E-state index contributed by atoms with van der Waals surface area (Å²) in [5, 5.41) is 126. The SMILES string of the molecule is O=C(O)c1c(O)c(O)c(O)c(-c2c(O)c(O)c(O)c(NCCNC(O)(O)C(O)c3cccc(Cl)c3)c2O)c1O. The van der Waals surface area contributed by atoms with Gasteiger partial charge in [-0.05, 0) is 17.7 Å². The Hall–Kier alpha value is -4.54. The zero-order valence-electron chi connectivity index (χ0n) is 19.5. The minimum atomic E-state index is -2.90. The molecule has 1 atom stereocenters. The number of aromatic carboxylic acids is 1. The smallest absolute Gasteiger partial charge is 0.343 e. The topological polar surface area (TPSA) is 284 Å². The summed E-state index contributed by atoms with van der Waals surface area (Å²) in [6.45, 7) is -0.796. The van der Waals surface area contributed by atoms with Crippen molar-refractivity contribution in [3.05, 3.63) is 40.4 Å². The summed E-state index contributed by atoms with van der Waals surface area (Å²) < 4.78 is 0. The Morgan fingerprint density at radius 1 is 0.795 bits per heavy atom. The summed E-state index contributed by atoms with van der Waals surface area (Å²) in [7, 11) is 0. The lowest BCUT2D eigenvalue weighted by Gasteiger charge is -2.29. The highest BCUT2D eigenvalue weighted by Crippen LogP contribution is 2.60. The van der Waals surface area contributed by atoms with Crippen LogP contribution in [-0.2, 0) is 0 Å². The number of phenols is 8. The minimum absolute atomic E-state index is 0.0499. The van der Waals surface area contributed by atoms with Crippen LogP contribution in [0.5, 0.6) is 46.0 Å². The molecule has 0 aliphatic heterocycles. The lowest BCUT2D eigenvalue weighted by molar-refractivity contribution is -0.247. The number of benzene rings is 3. The van der Waals surface area contributed by atoms with Crippen molar-refractivity contribution in [1.29, 1.82) is 0 Å². The first-order valence-corrected chi connectivity index (χ1v) is 11.1. The van der Waals surface area contributed by atoms with Gasteiger partial charge in [0.15, 0.2) is 28.7 Å². The van der Waals surface area contributed by atoms with Crippen molar-refractivity contribution in [2.75, 3.05) is 18.4 Å². The van der Waals surface area contributed by atoms with Gasteiger partial charge in [-0.1, -0.05) is 23.7 Å². The first-order valence-electron chi connectivity index (χ1n) is 10.7. The summed E-state index contributed by atoms with van der Waals surface area (Å²) in [6.07, 6.45) is -1.88. The molecule has 3 aromatic rings. The van der Waals surface area contributed by atoms with E-state index in [9.17, 15) is 66.1 Å². The summed E-state index contributed by atoms with van der Waals surface area (Å²) in [5.74, 6) is -15.6. The number of hydrogen-bond donors (Lipinski definition) is 14. The molecule has 3 rings (SSSR count). The maximum atomic E-state index is 11.4. The molecular weight excluding hydrogens is 548 g/mol. The minimum Gasteiger partial charge on any atom is -0.506 e. The summed E-state index contributed by atoms with van der Waals surface area (Å²) in [6, 6.07) is 5.61. The quantitative estimate of drug-likeness (QED) is 0.0729. The van der Waals surface area contributed by atoms with Crippen LogP contribution >= 0.6 is 11.6 Å². The van der Waals surface area contributed by atoms with E-state index >= 15 is 0 Å². The van der Waals surface area contributed by atoms with E-state index in [2.05, 4.69) is 10.6 Å². The Labute approximate surface area is 222 Å². The molecule has 0 saturated carbocycles. The van der Waals surface area contributed by atoms with Crippen molar-refractivity contribution < 1.29 is 66.1 Å². The fourth-order valence-electron chi connectivity index (χ4n) is 3.68. The van der Waals surface area contributed by atoms with Crippen LogP contribution in [0.2, 0.25) is 5.02 Å². The predicted octanol–water partition coefficient (Wildman–Crippen LogP) is 0.723. The van der Waals surface area contributed by atoms with E-state index in [-0.39, 0.29) is 10.6 Å². The standard InChI is InChI=1S/C23H23ClN2O13/c24-8-3-1-2-7(6-8)21(35)23(38,39)26-5-4-25-12-14(28)10(16(30)20(34)18(12)32)9-13(27)11(22(36)37)17(31)19(33)15(9)29/h1-3,6,21,25-35,38-39H,4-5H2,(H,36,37). The van der Waals surface area contributed by atoms with Crippen LogP contribution in [0, 0.1) is 0 Å². The average Bonchev–Trinajstić information content (AvgIpc) is 2.87. The van der Waals surface area contributed by atoms with Crippen molar-refractivity contribution in [2.24, 2.45) is 0 Å². The number of phenolic OH excluding ortho intramolecular Hbond substituents is 6. The molecule has 0 radical (unpaired) electrons. The zero-order valence-corrected chi connectivity index (χ0v) is 20.2. The van der Waals surface area contributed by atoms with Crippen molar-refractivity contribution in [1.82, 2.24) is 5.32 Å². The van der Waals surface area contributed by atoms with Crippen molar-refractivity contribution in [3.8, 4) is 57.1 Å². The van der Waals surface area contributed by atoms with E-state index in [0.29, 0.717) is 0 Å². The highest BCUT2D eigenvalue weighted by atomic mass is 35.5. The molecule has 0 aliphatic carbocycles. The maximum absolute atomic E-state index is 11.4. The Morgan fingerprint density at radius 3 is 1.92 bits per heavy atom. The molecule has 210 valence electrons. The third-order valence-electron chi connectivity index (χ3n) is 5.61. The largest absolute Gasteiger partial charge is 0.506 e. The van der Waals surface area contributed by atoms with Crippen LogP contribution in [0.25, 0.3) is 11.1 Å². The summed E-state index contributed by atoms with van der Waals surface area (Å²) in [5.41, 5.74) is -4.24. The molecular formula is C23H23ClN2O13. The monoisotopic (exact) mass is 570 g/mol. The molecule has 0 heterocycles. The first kappa shape index (κ1) is 29.0. The maximum Gasteiger partial charge on any atom is 0.343 e. The molecule has 0 bridgehead atoms. The van der Waals surface area contributed by atoms with Crippen LogP contribution in [-0.4, -0.2) is 86.2 Å². The number of rotatable bonds is 9. The summed E-state index contributed by atoms with van der Waals surface area (Å²) >= 11 is 5.83. The van der Waals surface area contributed by atoms with E-state index in [1.165, 1.54) is 24.3 Å². The Bertz CT molecular complexity index is 1440. The van der Waals surface area contributed by atoms with Gasteiger partial charge in [0.2, 0.25) is 11.5 Å². The molecule has 15 nitrogen and oxygen atoms in total. The molecule has 3 aromatic carbocycles. The van der Waals surface area contributed by atoms with Gasteiger partial charge in [0.1, 0.15) is 23.1 Å². The Kier molecular flexibility index (Phi) is 7.95. The molecule has 1 unspecified atom stereocenters. The van der Waals surface area contributed by atoms with Gasteiger partial charge in [0.25, 0.3) is 5.91 Å². The second-order valence-electron chi connectivity index (χ2n) is 8.13. The highest BCUT2D eigenvalue weighted by molar-refractivity contribution is 6.30. The summed E-state index contributed by atoms with van der Waals surface area (Å²) in [4.78, 5) is 11.4. The molecule has 14 N–H and O–H groups in total. The third kappa shape index (κ3) is 5.25. The van der Waals surface area contributed by atoms with E-state index in [0.717, 1.165) is 0 Å². The van der Waals surface area contributed by atoms with Gasteiger partial charge in [-0.15, -0.1) is 0 Å². The van der Waals surface area contributed by atoms with Gasteiger partial charge in [0.05, 0.1) is 11.1 Å². The first-order chi connectivity index (χ1) is 18.1. The van der Waals surface area contributed by atoms with Crippen LogP contribution < -0.4 is 10.6 Å². The van der Waals surface area contributed by atoms with Crippen molar-refractivity contribution >= 4 is 23.3 Å². The average molecular weight is 571 g/mol. The number of aliphatic hydroxyl groups is 3. The van der Waals surface area contributed by atoms with Crippen LogP contribution in [0.3, 0.4) is 0 Å². The number of aliphatic hydroxyl groups excluding tert-OH is 1. The van der Waals surface area contributed by atoms with E-state index in [4.69, 9.17) is 11.6 Å². The molecule has 0 aromatic heterocycles. The zero-order chi connectivity index (χ0) is 29.4. The van der Waals surface area contributed by atoms with E-state index in [1.807, 2.05) is 0 Å². The Balaban J connectivity index is 1.94. The molecule has 16 heteroatoms. The normalized spacial score (nSPS) is 12.3. The highest BCUT2D eigenvalue weighted by Gasteiger charge is 2.35. The number of halogens is 1. The van der Waals surface area contributed by atoms with Crippen LogP contribution in [0.4, 0.5) is 5.69 Å². The molecule has 39 heavy (non-hydrogen) atoms. The number of anilines is 1. The van der Waals surface area contributed by atoms with Gasteiger partial charge in [-0.3, -0.25) is 5.32 Å². The van der Waals surface area contributed by atoms with Crippen molar-refractivity contribution in [2.45, 2.75) is 12.0 Å². The predicted molar refractivity (Wildman–Crippen MR) is 132 cm³/mol. The lowest BCUT2D eigenvalue weighted by Crippen LogP contribution is -2.51. The molecule has 0 spiro atoms. The second-order valence-corrected chi connectivity index (χ2v) is 8.57. The van der Waals surface area contributed by atoms with Gasteiger partial charge in [0, 0.05) is 18.1 Å². The second kappa shape index (κ2) is 10.7. The number of aromatic hydroxyl groups is 8. The number of carboxylic acids is 1. The van der Waals surface area contributed by atoms with Gasteiger partial charge in [-0.2, -0.15) is 0 Å². The van der Waals surface area contributed by atoms with Crippen molar-refractivity contribution in [3.63, 3.8) is 0 Å². The fourth-order valence-corrected chi connectivity index (χ4v) is 3.88. The number of carboxylic acid groups (broad SMARTS) is 1. The lowest BCUT2D eigenvalue weighted by atomic mass is 9.95. The van der Waals surface area contributed by atoms with Crippen LogP contribution in [0.1, 0.15) is 22.0 Å². The van der Waals surface area contributed by atoms with Crippen LogP contribution in [0.15, 0.2) is 24.3 Å². The Morgan fingerprint density at radius 2 is 1.36 bits per heavy atom. The third-order valence-corrected chi connectivity index (χ3v) is 5.85. The fraction of sp³-hybridized carbons (Fsp3) is 0.174. The molecule has 0 saturated heterocycles.